The van der Waals surface area contributed by atoms with Crippen molar-refractivity contribution in [3.05, 3.63) is 125 Å². The molecule has 1 amide bonds. The molecule has 0 saturated carbocycles. The van der Waals surface area contributed by atoms with E-state index in [4.69, 9.17) is 4.74 Å². The highest BCUT2D eigenvalue weighted by Gasteiger charge is 2.12. The summed E-state index contributed by atoms with van der Waals surface area (Å²) >= 11 is 0. The molecule has 4 nitrogen and oxygen atoms in total. The summed E-state index contributed by atoms with van der Waals surface area (Å²) in [5.74, 6) is 0.849. The topological polar surface area (TPSA) is 50.4 Å². The fraction of sp³-hybridized carbons (Fsp3) is 0.242. The summed E-state index contributed by atoms with van der Waals surface area (Å²) in [6.07, 6.45) is 1.95. The highest BCUT2D eigenvalue weighted by Crippen LogP contribution is 2.27. The lowest BCUT2D eigenvalue weighted by Crippen LogP contribution is -2.32. The second-order valence-corrected chi connectivity index (χ2v) is 9.33. The van der Waals surface area contributed by atoms with Crippen molar-refractivity contribution in [2.24, 2.45) is 0 Å². The zero-order chi connectivity index (χ0) is 25.9. The van der Waals surface area contributed by atoms with Gasteiger partial charge in [-0.3, -0.25) is 4.79 Å². The largest absolute Gasteiger partial charge is 0.489 e. The highest BCUT2D eigenvalue weighted by molar-refractivity contribution is 5.72. The summed E-state index contributed by atoms with van der Waals surface area (Å²) < 4.78 is 6.18. The van der Waals surface area contributed by atoms with Crippen LogP contribution in [0.5, 0.6) is 5.75 Å². The van der Waals surface area contributed by atoms with Gasteiger partial charge in [-0.1, -0.05) is 91.0 Å². The predicted octanol–water partition coefficient (Wildman–Crippen LogP) is 6.64. The first-order valence-electron chi connectivity index (χ1n) is 13.0. The number of ether oxygens (including phenoxy) is 1. The Balaban J connectivity index is 1.40. The number of amides is 1. The number of carbonyl (C=O) groups is 1. The van der Waals surface area contributed by atoms with Crippen molar-refractivity contribution in [3.8, 4) is 16.9 Å². The van der Waals surface area contributed by atoms with Crippen LogP contribution in [-0.4, -0.2) is 19.0 Å². The third-order valence-corrected chi connectivity index (χ3v) is 6.66. The van der Waals surface area contributed by atoms with Gasteiger partial charge in [-0.2, -0.15) is 0 Å². The van der Waals surface area contributed by atoms with E-state index in [1.54, 1.807) is 6.92 Å². The van der Waals surface area contributed by atoms with Crippen molar-refractivity contribution < 1.29 is 9.53 Å². The molecule has 4 aromatic rings. The summed E-state index contributed by atoms with van der Waals surface area (Å²) in [5, 5.41) is 6.48. The van der Waals surface area contributed by atoms with E-state index in [-0.39, 0.29) is 11.9 Å². The number of rotatable bonds is 12. The van der Waals surface area contributed by atoms with Gasteiger partial charge in [0, 0.05) is 26.1 Å². The Bertz CT molecular complexity index is 1250. The van der Waals surface area contributed by atoms with Crippen molar-refractivity contribution in [3.63, 3.8) is 0 Å². The Morgan fingerprint density at radius 1 is 0.811 bits per heavy atom. The fourth-order valence-electron chi connectivity index (χ4n) is 4.55. The molecule has 4 heteroatoms. The van der Waals surface area contributed by atoms with E-state index in [1.807, 2.05) is 12.1 Å². The molecular weight excluding hydrogens is 456 g/mol. The Labute approximate surface area is 220 Å². The Kier molecular flexibility index (Phi) is 9.50. The van der Waals surface area contributed by atoms with Gasteiger partial charge in [-0.25, -0.2) is 0 Å². The van der Waals surface area contributed by atoms with Crippen molar-refractivity contribution in [2.75, 3.05) is 13.1 Å². The molecule has 0 aliphatic rings. The molecule has 0 bridgehead atoms. The van der Waals surface area contributed by atoms with Crippen LogP contribution in [0.1, 0.15) is 41.6 Å². The van der Waals surface area contributed by atoms with E-state index in [2.05, 4.69) is 109 Å². The smallest absolute Gasteiger partial charge is 0.216 e. The summed E-state index contributed by atoms with van der Waals surface area (Å²) in [6.45, 7) is 5.56. The molecule has 190 valence electrons. The number of aryl methyl sites for hydroxylation is 1. The maximum Gasteiger partial charge on any atom is 0.216 e. The fourth-order valence-corrected chi connectivity index (χ4v) is 4.55. The van der Waals surface area contributed by atoms with Crippen LogP contribution in [0.2, 0.25) is 0 Å². The second kappa shape index (κ2) is 13.4. The maximum absolute atomic E-state index is 11.2. The van der Waals surface area contributed by atoms with E-state index in [0.717, 1.165) is 18.6 Å². The quantitative estimate of drug-likeness (QED) is 0.218. The molecule has 0 radical (unpaired) electrons. The van der Waals surface area contributed by atoms with E-state index in [0.29, 0.717) is 19.7 Å². The molecular formula is C33H36N2O2. The second-order valence-electron chi connectivity index (χ2n) is 9.33. The molecule has 4 aromatic carbocycles. The summed E-state index contributed by atoms with van der Waals surface area (Å²) in [4.78, 5) is 11.2. The molecule has 2 N–H and O–H groups in total. The highest BCUT2D eigenvalue weighted by atomic mass is 16.5. The van der Waals surface area contributed by atoms with Crippen molar-refractivity contribution in [2.45, 2.75) is 39.3 Å². The van der Waals surface area contributed by atoms with Crippen molar-refractivity contribution in [1.82, 2.24) is 10.6 Å². The summed E-state index contributed by atoms with van der Waals surface area (Å²) in [5.41, 5.74) is 7.43. The number of benzene rings is 4. The standard InChI is InChI=1S/C33H36N2O2/c1-25-30(14-9-15-32(25)28-12-7-4-8-13-28)24-37-31-19-17-29(18-20-31)33(35-23-22-34-26(2)36)21-16-27-10-5-3-6-11-27/h3-15,17-20,33,35H,16,21-24H2,1-2H3,(H,34,36). The summed E-state index contributed by atoms with van der Waals surface area (Å²) in [7, 11) is 0. The van der Waals surface area contributed by atoms with Gasteiger partial charge in [0.15, 0.2) is 0 Å². The maximum atomic E-state index is 11.2. The minimum absolute atomic E-state index is 0.00585. The lowest BCUT2D eigenvalue weighted by Gasteiger charge is -2.20. The molecule has 1 unspecified atom stereocenters. The minimum atomic E-state index is -0.00585. The van der Waals surface area contributed by atoms with Crippen LogP contribution in [-0.2, 0) is 17.8 Å². The van der Waals surface area contributed by atoms with Crippen molar-refractivity contribution >= 4 is 5.91 Å². The first-order valence-corrected chi connectivity index (χ1v) is 13.0. The van der Waals surface area contributed by atoms with E-state index >= 15 is 0 Å². The van der Waals surface area contributed by atoms with E-state index in [9.17, 15) is 4.79 Å². The first kappa shape index (κ1) is 26.2. The third-order valence-electron chi connectivity index (χ3n) is 6.66. The van der Waals surface area contributed by atoms with Crippen LogP contribution in [0.25, 0.3) is 11.1 Å². The van der Waals surface area contributed by atoms with E-state index < -0.39 is 0 Å². The monoisotopic (exact) mass is 492 g/mol. The van der Waals surface area contributed by atoms with Crippen LogP contribution in [0.15, 0.2) is 103 Å². The number of nitrogens with one attached hydrogen (secondary N) is 2. The average Bonchev–Trinajstić information content (AvgIpc) is 2.93. The van der Waals surface area contributed by atoms with Crippen LogP contribution in [0.4, 0.5) is 0 Å². The average molecular weight is 493 g/mol. The molecule has 0 fully saturated rings. The minimum Gasteiger partial charge on any atom is -0.489 e. The molecule has 0 aliphatic carbocycles. The SMILES string of the molecule is CC(=O)NCCNC(CCc1ccccc1)c1ccc(OCc2cccc(-c3ccccc3)c2C)cc1. The lowest BCUT2D eigenvalue weighted by atomic mass is 9.97. The van der Waals surface area contributed by atoms with Gasteiger partial charge in [0.1, 0.15) is 12.4 Å². The molecule has 0 aromatic heterocycles. The third kappa shape index (κ3) is 7.80. The van der Waals surface area contributed by atoms with E-state index in [1.165, 1.54) is 33.4 Å². The van der Waals surface area contributed by atoms with Gasteiger partial charge < -0.3 is 15.4 Å². The van der Waals surface area contributed by atoms with Crippen LogP contribution >= 0.6 is 0 Å². The Hall–Kier alpha value is -3.89. The normalized spacial score (nSPS) is 11.6. The predicted molar refractivity (Wildman–Crippen MR) is 152 cm³/mol. The molecule has 0 saturated heterocycles. The number of hydrogen-bond donors (Lipinski definition) is 2. The molecule has 0 heterocycles. The molecule has 1 atom stereocenters. The van der Waals surface area contributed by atoms with Gasteiger partial charge in [0.25, 0.3) is 0 Å². The van der Waals surface area contributed by atoms with Gasteiger partial charge in [0.05, 0.1) is 0 Å². The lowest BCUT2D eigenvalue weighted by molar-refractivity contribution is -0.118. The van der Waals surface area contributed by atoms with Crippen molar-refractivity contribution in [1.29, 1.82) is 0 Å². The van der Waals surface area contributed by atoms with Gasteiger partial charge in [0.2, 0.25) is 5.91 Å². The zero-order valence-corrected chi connectivity index (χ0v) is 21.7. The van der Waals surface area contributed by atoms with Crippen LogP contribution < -0.4 is 15.4 Å². The number of hydrogen-bond acceptors (Lipinski definition) is 3. The van der Waals surface area contributed by atoms with Gasteiger partial charge >= 0.3 is 0 Å². The van der Waals surface area contributed by atoms with Gasteiger partial charge in [-0.05, 0) is 65.3 Å². The Morgan fingerprint density at radius 3 is 2.22 bits per heavy atom. The molecule has 4 rings (SSSR count). The first-order chi connectivity index (χ1) is 18.1. The van der Waals surface area contributed by atoms with Crippen LogP contribution in [0.3, 0.4) is 0 Å². The zero-order valence-electron chi connectivity index (χ0n) is 21.7. The molecule has 37 heavy (non-hydrogen) atoms. The van der Waals surface area contributed by atoms with Gasteiger partial charge in [-0.15, -0.1) is 0 Å². The summed E-state index contributed by atoms with van der Waals surface area (Å²) in [6, 6.07) is 36.0. The number of carbonyl (C=O) groups excluding carboxylic acids is 1. The molecule has 0 aliphatic heterocycles. The Morgan fingerprint density at radius 2 is 1.51 bits per heavy atom. The van der Waals surface area contributed by atoms with Crippen LogP contribution in [0, 0.1) is 6.92 Å². The molecule has 0 spiro atoms.